The van der Waals surface area contributed by atoms with Crippen LogP contribution in [0.25, 0.3) is 0 Å². The summed E-state index contributed by atoms with van der Waals surface area (Å²) in [5.74, 6) is -0.205. The van der Waals surface area contributed by atoms with E-state index in [1.165, 1.54) is 6.07 Å². The second kappa shape index (κ2) is 7.06. The Hall–Kier alpha value is -1.37. The number of hydrogen-bond donors (Lipinski definition) is 2. The van der Waals surface area contributed by atoms with Crippen LogP contribution in [-0.2, 0) is 17.8 Å². The fourth-order valence-electron chi connectivity index (χ4n) is 2.73. The summed E-state index contributed by atoms with van der Waals surface area (Å²) < 4.78 is 7.61. The van der Waals surface area contributed by atoms with Crippen molar-refractivity contribution in [3.63, 3.8) is 0 Å². The largest absolute Gasteiger partial charge is 0.503 e. The fraction of sp³-hybridized carbons (Fsp3) is 0.667. The van der Waals surface area contributed by atoms with Crippen LogP contribution in [0, 0.1) is 6.92 Å². The highest BCUT2D eigenvalue weighted by atomic mass is 16.5. The molecule has 1 aromatic rings. The van der Waals surface area contributed by atoms with E-state index >= 15 is 0 Å². The number of nitrogens with zero attached hydrogens (tertiary/aromatic N) is 2. The third kappa shape index (κ3) is 3.84. The summed E-state index contributed by atoms with van der Waals surface area (Å²) in [6.07, 6.45) is 2.18. The molecule has 1 aliphatic rings. The van der Waals surface area contributed by atoms with Crippen LogP contribution in [0.4, 0.5) is 0 Å². The minimum Gasteiger partial charge on any atom is -0.503 e. The smallest absolute Gasteiger partial charge is 0.223 e. The number of aliphatic hydroxyl groups is 1. The zero-order valence-corrected chi connectivity index (χ0v) is 12.7. The van der Waals surface area contributed by atoms with E-state index in [1.807, 2.05) is 23.4 Å². The van der Waals surface area contributed by atoms with Gasteiger partial charge in [-0.25, -0.2) is 0 Å². The Morgan fingerprint density at radius 3 is 2.90 bits per heavy atom. The molecular formula is C15H24N2O4. The highest BCUT2D eigenvalue weighted by Gasteiger charge is 2.21. The summed E-state index contributed by atoms with van der Waals surface area (Å²) in [5.41, 5.74) is 1.05. The first-order valence-corrected chi connectivity index (χ1v) is 7.36. The van der Waals surface area contributed by atoms with Crippen LogP contribution in [0.5, 0.6) is 5.75 Å². The molecule has 0 radical (unpaired) electrons. The van der Waals surface area contributed by atoms with Crippen LogP contribution in [0.2, 0.25) is 0 Å². The summed E-state index contributed by atoms with van der Waals surface area (Å²) in [6, 6.07) is 1.46. The highest BCUT2D eigenvalue weighted by molar-refractivity contribution is 5.30. The second-order valence-corrected chi connectivity index (χ2v) is 5.65. The predicted octanol–water partition coefficient (Wildman–Crippen LogP) is 0.465. The second-order valence-electron chi connectivity index (χ2n) is 5.65. The van der Waals surface area contributed by atoms with Gasteiger partial charge in [-0.15, -0.1) is 0 Å². The first-order chi connectivity index (χ1) is 10.0. The molecule has 1 atom stereocenters. The molecule has 2 heterocycles. The van der Waals surface area contributed by atoms with Gasteiger partial charge in [0.1, 0.15) is 0 Å². The summed E-state index contributed by atoms with van der Waals surface area (Å²) in [7, 11) is 1.85. The van der Waals surface area contributed by atoms with Crippen LogP contribution in [0.15, 0.2) is 10.9 Å². The van der Waals surface area contributed by atoms with Gasteiger partial charge in [0.15, 0.2) is 5.75 Å². The number of aromatic hydroxyl groups is 1. The minimum atomic E-state index is -0.358. The van der Waals surface area contributed by atoms with Gasteiger partial charge in [-0.05, 0) is 26.8 Å². The molecule has 1 aromatic heterocycles. The molecule has 0 aromatic carbocycles. The molecule has 1 aliphatic heterocycles. The molecule has 0 saturated carbocycles. The quantitative estimate of drug-likeness (QED) is 0.798. The van der Waals surface area contributed by atoms with E-state index in [0.717, 1.165) is 25.1 Å². The molecule has 6 heteroatoms. The average Bonchev–Trinajstić information content (AvgIpc) is 2.93. The monoisotopic (exact) mass is 296 g/mol. The number of likely N-dealkylation sites (N-methyl/N-ethyl adjacent to an activating group) is 1. The van der Waals surface area contributed by atoms with Gasteiger partial charge in [0.05, 0.1) is 18.4 Å². The lowest BCUT2D eigenvalue weighted by Gasteiger charge is -2.24. The van der Waals surface area contributed by atoms with Gasteiger partial charge in [0.2, 0.25) is 5.43 Å². The van der Waals surface area contributed by atoms with Gasteiger partial charge in [0, 0.05) is 38.0 Å². The number of aromatic nitrogens is 1. The van der Waals surface area contributed by atoms with Gasteiger partial charge in [-0.1, -0.05) is 0 Å². The standard InChI is InChI=1S/C15H24N2O4/c1-11-8-14(19)15(20)13(10-16(2)5-6-18)17(11)9-12-4-3-7-21-12/h8,12,18,20H,3-7,9-10H2,1-2H3. The van der Waals surface area contributed by atoms with Crippen molar-refractivity contribution in [1.29, 1.82) is 0 Å². The van der Waals surface area contributed by atoms with Crippen LogP contribution in [0.3, 0.4) is 0 Å². The number of ether oxygens (including phenoxy) is 1. The fourth-order valence-corrected chi connectivity index (χ4v) is 2.73. The molecule has 0 amide bonds. The molecule has 2 rings (SSSR count). The Labute approximate surface area is 124 Å². The van der Waals surface area contributed by atoms with Gasteiger partial charge in [-0.2, -0.15) is 0 Å². The number of rotatable bonds is 6. The van der Waals surface area contributed by atoms with Crippen molar-refractivity contribution in [1.82, 2.24) is 9.47 Å². The molecule has 118 valence electrons. The van der Waals surface area contributed by atoms with Crippen molar-refractivity contribution in [2.75, 3.05) is 26.8 Å². The molecule has 0 bridgehead atoms. The van der Waals surface area contributed by atoms with Crippen molar-refractivity contribution in [3.8, 4) is 5.75 Å². The topological polar surface area (TPSA) is 74.9 Å². The third-order valence-corrected chi connectivity index (χ3v) is 3.91. The van der Waals surface area contributed by atoms with Gasteiger partial charge in [0.25, 0.3) is 0 Å². The van der Waals surface area contributed by atoms with Crippen molar-refractivity contribution in [2.24, 2.45) is 0 Å². The summed E-state index contributed by atoms with van der Waals surface area (Å²) in [5, 5.41) is 19.1. The van der Waals surface area contributed by atoms with E-state index < -0.39 is 0 Å². The van der Waals surface area contributed by atoms with Crippen LogP contribution >= 0.6 is 0 Å². The van der Waals surface area contributed by atoms with E-state index in [9.17, 15) is 9.90 Å². The Balaban J connectivity index is 2.31. The van der Waals surface area contributed by atoms with Crippen LogP contribution in [-0.4, -0.2) is 52.6 Å². The van der Waals surface area contributed by atoms with Crippen molar-refractivity contribution >= 4 is 0 Å². The average molecular weight is 296 g/mol. The first-order valence-electron chi connectivity index (χ1n) is 7.36. The Kier molecular flexibility index (Phi) is 5.39. The zero-order chi connectivity index (χ0) is 15.4. The molecule has 2 N–H and O–H groups in total. The number of pyridine rings is 1. The van der Waals surface area contributed by atoms with E-state index in [0.29, 0.717) is 25.3 Å². The Bertz CT molecular complexity index is 535. The molecule has 1 unspecified atom stereocenters. The Morgan fingerprint density at radius 2 is 2.29 bits per heavy atom. The predicted molar refractivity (Wildman–Crippen MR) is 79.5 cm³/mol. The first kappa shape index (κ1) is 16.0. The van der Waals surface area contributed by atoms with Gasteiger partial charge >= 0.3 is 0 Å². The van der Waals surface area contributed by atoms with Crippen LogP contribution < -0.4 is 5.43 Å². The maximum absolute atomic E-state index is 11.8. The summed E-state index contributed by atoms with van der Waals surface area (Å²) in [4.78, 5) is 13.7. The summed E-state index contributed by atoms with van der Waals surface area (Å²) in [6.45, 7) is 4.22. The van der Waals surface area contributed by atoms with Crippen molar-refractivity contribution < 1.29 is 14.9 Å². The number of hydrogen-bond acceptors (Lipinski definition) is 5. The SMILES string of the molecule is Cc1cc(=O)c(O)c(CN(C)CCO)n1CC1CCCO1. The van der Waals surface area contributed by atoms with E-state index in [2.05, 4.69) is 0 Å². The molecule has 6 nitrogen and oxygen atoms in total. The molecule has 0 aliphatic carbocycles. The number of aliphatic hydroxyl groups excluding tert-OH is 1. The zero-order valence-electron chi connectivity index (χ0n) is 12.7. The lowest BCUT2D eigenvalue weighted by molar-refractivity contribution is 0.0945. The Morgan fingerprint density at radius 1 is 1.52 bits per heavy atom. The van der Waals surface area contributed by atoms with E-state index in [1.54, 1.807) is 0 Å². The molecule has 1 fully saturated rings. The molecule has 21 heavy (non-hydrogen) atoms. The molecule has 1 saturated heterocycles. The minimum absolute atomic E-state index is 0.0407. The third-order valence-electron chi connectivity index (χ3n) is 3.91. The van der Waals surface area contributed by atoms with Gasteiger partial charge in [-0.3, -0.25) is 9.69 Å². The van der Waals surface area contributed by atoms with Gasteiger partial charge < -0.3 is 19.5 Å². The summed E-state index contributed by atoms with van der Waals surface area (Å²) >= 11 is 0. The van der Waals surface area contributed by atoms with E-state index in [4.69, 9.17) is 9.84 Å². The normalized spacial score (nSPS) is 18.6. The van der Waals surface area contributed by atoms with Crippen molar-refractivity contribution in [2.45, 2.75) is 39.0 Å². The number of aryl methyl sites for hydroxylation is 1. The highest BCUT2D eigenvalue weighted by Crippen LogP contribution is 2.20. The van der Waals surface area contributed by atoms with Crippen molar-refractivity contribution in [3.05, 3.63) is 27.7 Å². The lowest BCUT2D eigenvalue weighted by Crippen LogP contribution is -2.28. The molecule has 0 spiro atoms. The van der Waals surface area contributed by atoms with E-state index in [-0.39, 0.29) is 23.9 Å². The molecular weight excluding hydrogens is 272 g/mol. The maximum atomic E-state index is 11.8. The lowest BCUT2D eigenvalue weighted by atomic mass is 10.2. The maximum Gasteiger partial charge on any atom is 0.223 e. The van der Waals surface area contributed by atoms with Crippen LogP contribution in [0.1, 0.15) is 24.2 Å².